The summed E-state index contributed by atoms with van der Waals surface area (Å²) in [6.45, 7) is 1.90. The SMILES string of the molecule is CCOC(=O)NNC(=O)c1cccc(CSc2cc(Cl)ccc2Cl)c1. The molecule has 132 valence electrons. The van der Waals surface area contributed by atoms with E-state index in [9.17, 15) is 9.59 Å². The van der Waals surface area contributed by atoms with Crippen LogP contribution in [0, 0.1) is 0 Å². The Hall–Kier alpha value is -1.89. The lowest BCUT2D eigenvalue weighted by Gasteiger charge is -2.09. The molecule has 8 heteroatoms. The highest BCUT2D eigenvalue weighted by atomic mass is 35.5. The van der Waals surface area contributed by atoms with Gasteiger partial charge in [-0.3, -0.25) is 10.2 Å². The number of hydrogen-bond acceptors (Lipinski definition) is 4. The Morgan fingerprint density at radius 2 is 1.92 bits per heavy atom. The van der Waals surface area contributed by atoms with Gasteiger partial charge in [0.05, 0.1) is 11.6 Å². The van der Waals surface area contributed by atoms with Crippen LogP contribution in [0.5, 0.6) is 0 Å². The van der Waals surface area contributed by atoms with Gasteiger partial charge in [-0.25, -0.2) is 10.2 Å². The molecule has 0 aliphatic carbocycles. The molecule has 0 aromatic heterocycles. The minimum Gasteiger partial charge on any atom is -0.449 e. The van der Waals surface area contributed by atoms with E-state index in [0.29, 0.717) is 21.4 Å². The number of thioether (sulfide) groups is 1. The molecule has 0 spiro atoms. The van der Waals surface area contributed by atoms with Gasteiger partial charge in [0.25, 0.3) is 5.91 Å². The van der Waals surface area contributed by atoms with Crippen molar-refractivity contribution in [1.82, 2.24) is 10.9 Å². The summed E-state index contributed by atoms with van der Waals surface area (Å²) in [5.41, 5.74) is 5.83. The van der Waals surface area contributed by atoms with Gasteiger partial charge in [0.15, 0.2) is 0 Å². The van der Waals surface area contributed by atoms with E-state index in [-0.39, 0.29) is 6.61 Å². The second-order valence-corrected chi connectivity index (χ2v) is 6.72. The molecule has 5 nitrogen and oxygen atoms in total. The number of rotatable bonds is 5. The predicted octanol–water partition coefficient (Wildman–Crippen LogP) is 4.68. The highest BCUT2D eigenvalue weighted by Gasteiger charge is 2.09. The van der Waals surface area contributed by atoms with Crippen molar-refractivity contribution in [2.24, 2.45) is 0 Å². The van der Waals surface area contributed by atoms with Crippen molar-refractivity contribution in [1.29, 1.82) is 0 Å². The number of carbonyl (C=O) groups excluding carboxylic acids is 2. The first kappa shape index (κ1) is 19.4. The molecule has 0 saturated heterocycles. The molecule has 0 aliphatic rings. The summed E-state index contributed by atoms with van der Waals surface area (Å²) in [6.07, 6.45) is -0.710. The van der Waals surface area contributed by atoms with E-state index in [4.69, 9.17) is 23.2 Å². The molecule has 0 radical (unpaired) electrons. The van der Waals surface area contributed by atoms with Crippen LogP contribution < -0.4 is 10.9 Å². The molecule has 0 aliphatic heterocycles. The molecule has 0 fully saturated rings. The lowest BCUT2D eigenvalue weighted by atomic mass is 10.1. The Balaban J connectivity index is 1.97. The second-order valence-electron chi connectivity index (χ2n) is 4.86. The van der Waals surface area contributed by atoms with E-state index in [1.165, 1.54) is 11.8 Å². The first-order valence-electron chi connectivity index (χ1n) is 7.39. The fourth-order valence-corrected chi connectivity index (χ4v) is 3.33. The molecule has 0 heterocycles. The van der Waals surface area contributed by atoms with Crippen LogP contribution in [-0.4, -0.2) is 18.6 Å². The average Bonchev–Trinajstić information content (AvgIpc) is 2.61. The van der Waals surface area contributed by atoms with Crippen LogP contribution in [0.15, 0.2) is 47.4 Å². The summed E-state index contributed by atoms with van der Waals surface area (Å²) in [6, 6.07) is 12.4. The third-order valence-corrected chi connectivity index (χ3v) is 4.83. The normalized spacial score (nSPS) is 10.2. The zero-order chi connectivity index (χ0) is 18.2. The first-order valence-corrected chi connectivity index (χ1v) is 9.13. The smallest absolute Gasteiger partial charge is 0.426 e. The van der Waals surface area contributed by atoms with E-state index in [2.05, 4.69) is 15.6 Å². The molecule has 2 aromatic carbocycles. The lowest BCUT2D eigenvalue weighted by molar-refractivity contribution is 0.0912. The number of ether oxygens (including phenoxy) is 1. The molecule has 2 aromatic rings. The predicted molar refractivity (Wildman–Crippen MR) is 100 cm³/mol. The summed E-state index contributed by atoms with van der Waals surface area (Å²) < 4.78 is 4.67. The molecule has 2 N–H and O–H groups in total. The third kappa shape index (κ3) is 6.16. The van der Waals surface area contributed by atoms with Gasteiger partial charge in [0, 0.05) is 21.2 Å². The maximum atomic E-state index is 12.1. The van der Waals surface area contributed by atoms with Gasteiger partial charge in [0.2, 0.25) is 0 Å². The first-order chi connectivity index (χ1) is 12.0. The molecular formula is C17H16Cl2N2O3S. The maximum Gasteiger partial charge on any atom is 0.426 e. The van der Waals surface area contributed by atoms with E-state index in [1.807, 2.05) is 6.07 Å². The standard InChI is InChI=1S/C17H16Cl2N2O3S/c1-2-24-17(23)21-20-16(22)12-5-3-4-11(8-12)10-25-15-9-13(18)6-7-14(15)19/h3-9H,2,10H2,1H3,(H,20,22)(H,21,23). The minimum absolute atomic E-state index is 0.223. The van der Waals surface area contributed by atoms with Gasteiger partial charge >= 0.3 is 6.09 Å². The van der Waals surface area contributed by atoms with Gasteiger partial charge in [-0.15, -0.1) is 11.8 Å². The second kappa shape index (κ2) is 9.56. The van der Waals surface area contributed by atoms with Crippen LogP contribution in [0.25, 0.3) is 0 Å². The molecule has 0 atom stereocenters. The number of nitrogens with one attached hydrogen (secondary N) is 2. The zero-order valence-corrected chi connectivity index (χ0v) is 15.7. The molecule has 0 bridgehead atoms. The van der Waals surface area contributed by atoms with Gasteiger partial charge in [0.1, 0.15) is 0 Å². The van der Waals surface area contributed by atoms with Gasteiger partial charge in [-0.05, 0) is 42.8 Å². The monoisotopic (exact) mass is 398 g/mol. The van der Waals surface area contributed by atoms with Crippen molar-refractivity contribution >= 4 is 47.0 Å². The number of carbonyl (C=O) groups is 2. The summed E-state index contributed by atoms with van der Waals surface area (Å²) in [5.74, 6) is 0.188. The van der Waals surface area contributed by atoms with E-state index in [0.717, 1.165) is 10.5 Å². The maximum absolute atomic E-state index is 12.1. The summed E-state index contributed by atoms with van der Waals surface area (Å²) in [7, 11) is 0. The van der Waals surface area contributed by atoms with Crippen molar-refractivity contribution in [3.63, 3.8) is 0 Å². The Kier molecular flexibility index (Phi) is 7.43. The lowest BCUT2D eigenvalue weighted by Crippen LogP contribution is -2.41. The quantitative estimate of drug-likeness (QED) is 0.566. The van der Waals surface area contributed by atoms with Crippen LogP contribution in [-0.2, 0) is 10.5 Å². The number of hydrogen-bond donors (Lipinski definition) is 2. The molecular weight excluding hydrogens is 383 g/mol. The fourth-order valence-electron chi connectivity index (χ4n) is 1.90. The van der Waals surface area contributed by atoms with Crippen molar-refractivity contribution in [2.45, 2.75) is 17.6 Å². The van der Waals surface area contributed by atoms with Gasteiger partial charge in [-0.1, -0.05) is 35.3 Å². The Morgan fingerprint density at radius 1 is 1.12 bits per heavy atom. The van der Waals surface area contributed by atoms with Crippen molar-refractivity contribution < 1.29 is 14.3 Å². The van der Waals surface area contributed by atoms with Crippen LogP contribution >= 0.6 is 35.0 Å². The van der Waals surface area contributed by atoms with Crippen molar-refractivity contribution in [3.8, 4) is 0 Å². The van der Waals surface area contributed by atoms with Crippen molar-refractivity contribution in [3.05, 3.63) is 63.6 Å². The van der Waals surface area contributed by atoms with Crippen LogP contribution in [0.4, 0.5) is 4.79 Å². The number of halogens is 2. The topological polar surface area (TPSA) is 67.4 Å². The van der Waals surface area contributed by atoms with E-state index in [1.54, 1.807) is 43.3 Å². The van der Waals surface area contributed by atoms with E-state index < -0.39 is 12.0 Å². The number of hydrazine groups is 1. The minimum atomic E-state index is -0.710. The van der Waals surface area contributed by atoms with Crippen LogP contribution in [0.1, 0.15) is 22.8 Å². The largest absolute Gasteiger partial charge is 0.449 e. The Morgan fingerprint density at radius 3 is 2.68 bits per heavy atom. The highest BCUT2D eigenvalue weighted by Crippen LogP contribution is 2.32. The summed E-state index contributed by atoms with van der Waals surface area (Å²) in [4.78, 5) is 24.1. The van der Waals surface area contributed by atoms with Gasteiger partial charge < -0.3 is 4.74 Å². The van der Waals surface area contributed by atoms with Crippen molar-refractivity contribution in [2.75, 3.05) is 6.61 Å². The summed E-state index contributed by atoms with van der Waals surface area (Å²) >= 11 is 13.6. The van der Waals surface area contributed by atoms with Crippen LogP contribution in [0.2, 0.25) is 10.0 Å². The van der Waals surface area contributed by atoms with Crippen LogP contribution in [0.3, 0.4) is 0 Å². The number of amides is 2. The Labute approximate surface area is 160 Å². The molecule has 0 saturated carbocycles. The Bertz CT molecular complexity index is 771. The molecule has 25 heavy (non-hydrogen) atoms. The zero-order valence-electron chi connectivity index (χ0n) is 13.3. The number of benzene rings is 2. The fraction of sp³-hybridized carbons (Fsp3) is 0.176. The third-order valence-electron chi connectivity index (χ3n) is 3.03. The highest BCUT2D eigenvalue weighted by molar-refractivity contribution is 7.98. The average molecular weight is 399 g/mol. The molecule has 2 rings (SSSR count). The molecule has 2 amide bonds. The summed E-state index contributed by atoms with van der Waals surface area (Å²) in [5, 5.41) is 1.24. The van der Waals surface area contributed by atoms with Gasteiger partial charge in [-0.2, -0.15) is 0 Å². The van der Waals surface area contributed by atoms with E-state index >= 15 is 0 Å². The molecule has 0 unspecified atom stereocenters.